The average molecular weight is 269 g/mol. The lowest BCUT2D eigenvalue weighted by Gasteiger charge is -2.48. The van der Waals surface area contributed by atoms with Crippen molar-refractivity contribution in [3.8, 4) is 0 Å². The summed E-state index contributed by atoms with van der Waals surface area (Å²) >= 11 is 0. The van der Waals surface area contributed by atoms with E-state index < -0.39 is 0 Å². The van der Waals surface area contributed by atoms with Gasteiger partial charge in [-0.3, -0.25) is 9.89 Å². The Kier molecular flexibility index (Phi) is 3.30. The number of nitrogens with zero attached hydrogens (tertiary/aromatic N) is 2. The van der Waals surface area contributed by atoms with Crippen molar-refractivity contribution in [2.75, 3.05) is 13.1 Å². The van der Waals surface area contributed by atoms with Crippen LogP contribution < -0.4 is 0 Å². The Morgan fingerprint density at radius 2 is 2.05 bits per heavy atom. The molecule has 0 unspecified atom stereocenters. The van der Waals surface area contributed by atoms with Crippen LogP contribution in [-0.2, 0) is 17.6 Å². The first-order valence-corrected chi connectivity index (χ1v) is 6.95. The van der Waals surface area contributed by atoms with Crippen molar-refractivity contribution in [1.82, 2.24) is 15.1 Å². The second-order valence-electron chi connectivity index (χ2n) is 5.98. The molecule has 0 bridgehead atoms. The number of carbonyl (C=O) groups is 1. The third-order valence-electron chi connectivity index (χ3n) is 3.87. The molecule has 0 aliphatic carbocycles. The summed E-state index contributed by atoms with van der Waals surface area (Å²) in [5.74, 6) is 0.180. The predicted octanol–water partition coefficient (Wildman–Crippen LogP) is 2.04. The van der Waals surface area contributed by atoms with E-state index in [-0.39, 0.29) is 11.3 Å². The largest absolute Gasteiger partial charge is 0.341 e. The molecule has 1 N–H and O–H groups in total. The van der Waals surface area contributed by atoms with E-state index in [0.29, 0.717) is 6.42 Å². The molecule has 4 nitrogen and oxygen atoms in total. The van der Waals surface area contributed by atoms with Crippen LogP contribution in [0.4, 0.5) is 0 Å². The lowest BCUT2D eigenvalue weighted by atomic mass is 9.76. The molecule has 0 saturated carbocycles. The van der Waals surface area contributed by atoms with Crippen LogP contribution >= 0.6 is 0 Å². The molecule has 1 aliphatic heterocycles. The molecule has 2 aromatic rings. The van der Waals surface area contributed by atoms with Crippen LogP contribution in [0.5, 0.6) is 0 Å². The van der Waals surface area contributed by atoms with Gasteiger partial charge >= 0.3 is 0 Å². The molecule has 2 heterocycles. The van der Waals surface area contributed by atoms with E-state index in [1.54, 1.807) is 6.20 Å². The fraction of sp³-hybridized carbons (Fsp3) is 0.375. The van der Waals surface area contributed by atoms with Crippen LogP contribution in [0.1, 0.15) is 18.2 Å². The quantitative estimate of drug-likeness (QED) is 0.923. The molecule has 20 heavy (non-hydrogen) atoms. The third-order valence-corrected chi connectivity index (χ3v) is 3.87. The van der Waals surface area contributed by atoms with E-state index in [9.17, 15) is 4.79 Å². The monoisotopic (exact) mass is 269 g/mol. The summed E-state index contributed by atoms with van der Waals surface area (Å²) in [5, 5.41) is 6.70. The van der Waals surface area contributed by atoms with Gasteiger partial charge in [-0.05, 0) is 18.1 Å². The van der Waals surface area contributed by atoms with E-state index in [2.05, 4.69) is 41.4 Å². The summed E-state index contributed by atoms with van der Waals surface area (Å²) in [6, 6.07) is 12.3. The molecule has 1 saturated heterocycles. The molecule has 1 fully saturated rings. The molecule has 3 rings (SSSR count). The number of benzene rings is 1. The van der Waals surface area contributed by atoms with Crippen LogP contribution in [0, 0.1) is 5.41 Å². The Bertz CT molecular complexity index is 571. The summed E-state index contributed by atoms with van der Waals surface area (Å²) < 4.78 is 0. The smallest absolute Gasteiger partial charge is 0.228 e. The minimum Gasteiger partial charge on any atom is -0.341 e. The lowest BCUT2D eigenvalue weighted by molar-refractivity contribution is -0.141. The number of amides is 1. The molecule has 4 heteroatoms. The second kappa shape index (κ2) is 5.12. The molecule has 0 radical (unpaired) electrons. The maximum absolute atomic E-state index is 12.1. The topological polar surface area (TPSA) is 49.0 Å². The van der Waals surface area contributed by atoms with Crippen LogP contribution in [0.2, 0.25) is 0 Å². The molecule has 1 aromatic carbocycles. The van der Waals surface area contributed by atoms with Crippen molar-refractivity contribution in [2.24, 2.45) is 5.41 Å². The highest BCUT2D eigenvalue weighted by Gasteiger charge is 2.40. The number of nitrogens with one attached hydrogen (secondary N) is 1. The van der Waals surface area contributed by atoms with E-state index in [4.69, 9.17) is 0 Å². The number of aromatic nitrogens is 2. The normalized spacial score (nSPS) is 16.8. The standard InChI is InChI=1S/C16H19N3O/c1-16(10-13-5-3-2-4-6-13)11-19(12-16)15(20)9-14-7-8-17-18-14/h2-8H,9-12H2,1H3,(H,17,18). The molecule has 104 valence electrons. The number of hydrogen-bond donors (Lipinski definition) is 1. The fourth-order valence-electron chi connectivity index (χ4n) is 2.91. The van der Waals surface area contributed by atoms with Crippen molar-refractivity contribution in [2.45, 2.75) is 19.8 Å². The highest BCUT2D eigenvalue weighted by Crippen LogP contribution is 2.33. The lowest BCUT2D eigenvalue weighted by Crippen LogP contribution is -2.58. The SMILES string of the molecule is CC1(Cc2ccccc2)CN(C(=O)Cc2ccn[nH]2)C1. The first kappa shape index (κ1) is 12.9. The van der Waals surface area contributed by atoms with Gasteiger partial charge in [0, 0.05) is 30.4 Å². The zero-order valence-electron chi connectivity index (χ0n) is 11.7. The fourth-order valence-corrected chi connectivity index (χ4v) is 2.91. The van der Waals surface area contributed by atoms with Gasteiger partial charge in [0.1, 0.15) is 0 Å². The molecule has 1 aliphatic rings. The number of likely N-dealkylation sites (tertiary alicyclic amines) is 1. The number of rotatable bonds is 4. The van der Waals surface area contributed by atoms with E-state index in [1.165, 1.54) is 5.56 Å². The van der Waals surface area contributed by atoms with Gasteiger partial charge in [-0.25, -0.2) is 0 Å². The average Bonchev–Trinajstić information content (AvgIpc) is 2.89. The highest BCUT2D eigenvalue weighted by atomic mass is 16.2. The summed E-state index contributed by atoms with van der Waals surface area (Å²) in [5.41, 5.74) is 2.44. The molecule has 0 atom stereocenters. The molecule has 1 aromatic heterocycles. The highest BCUT2D eigenvalue weighted by molar-refractivity contribution is 5.79. The Morgan fingerprint density at radius 1 is 1.30 bits per heavy atom. The zero-order chi connectivity index (χ0) is 14.0. The Hall–Kier alpha value is -2.10. The van der Waals surface area contributed by atoms with E-state index in [1.807, 2.05) is 17.0 Å². The van der Waals surface area contributed by atoms with Crippen molar-refractivity contribution in [3.05, 3.63) is 53.9 Å². The van der Waals surface area contributed by atoms with Crippen LogP contribution in [0.15, 0.2) is 42.6 Å². The molecule has 1 amide bonds. The van der Waals surface area contributed by atoms with Crippen LogP contribution in [0.25, 0.3) is 0 Å². The van der Waals surface area contributed by atoms with Gasteiger partial charge in [-0.1, -0.05) is 37.3 Å². The Balaban J connectivity index is 1.53. The first-order chi connectivity index (χ1) is 9.65. The minimum absolute atomic E-state index is 0.180. The second-order valence-corrected chi connectivity index (χ2v) is 5.98. The first-order valence-electron chi connectivity index (χ1n) is 6.95. The molecular formula is C16H19N3O. The zero-order valence-corrected chi connectivity index (χ0v) is 11.7. The Labute approximate surface area is 118 Å². The molecule has 0 spiro atoms. The van der Waals surface area contributed by atoms with Crippen LogP contribution in [0.3, 0.4) is 0 Å². The number of H-pyrrole nitrogens is 1. The maximum Gasteiger partial charge on any atom is 0.228 e. The third kappa shape index (κ3) is 2.74. The predicted molar refractivity (Wildman–Crippen MR) is 77.1 cm³/mol. The van der Waals surface area contributed by atoms with Crippen molar-refractivity contribution < 1.29 is 4.79 Å². The van der Waals surface area contributed by atoms with Gasteiger partial charge in [0.15, 0.2) is 0 Å². The minimum atomic E-state index is 0.180. The number of aromatic amines is 1. The number of hydrogen-bond acceptors (Lipinski definition) is 2. The summed E-state index contributed by atoms with van der Waals surface area (Å²) in [6.45, 7) is 3.93. The number of carbonyl (C=O) groups excluding carboxylic acids is 1. The van der Waals surface area contributed by atoms with Crippen LogP contribution in [-0.4, -0.2) is 34.1 Å². The van der Waals surface area contributed by atoms with Crippen molar-refractivity contribution in [3.63, 3.8) is 0 Å². The Morgan fingerprint density at radius 3 is 2.70 bits per heavy atom. The van der Waals surface area contributed by atoms with Gasteiger partial charge in [0.05, 0.1) is 6.42 Å². The van der Waals surface area contributed by atoms with Gasteiger partial charge in [0.2, 0.25) is 5.91 Å². The van der Waals surface area contributed by atoms with Crippen molar-refractivity contribution in [1.29, 1.82) is 0 Å². The van der Waals surface area contributed by atoms with Gasteiger partial charge in [-0.2, -0.15) is 5.10 Å². The summed E-state index contributed by atoms with van der Waals surface area (Å²) in [7, 11) is 0. The van der Waals surface area contributed by atoms with E-state index in [0.717, 1.165) is 25.2 Å². The summed E-state index contributed by atoms with van der Waals surface area (Å²) in [4.78, 5) is 14.0. The van der Waals surface area contributed by atoms with Gasteiger partial charge in [-0.15, -0.1) is 0 Å². The van der Waals surface area contributed by atoms with Gasteiger partial charge in [0.25, 0.3) is 0 Å². The maximum atomic E-state index is 12.1. The van der Waals surface area contributed by atoms with Gasteiger partial charge < -0.3 is 4.90 Å². The summed E-state index contributed by atoms with van der Waals surface area (Å²) in [6.07, 6.45) is 3.13. The van der Waals surface area contributed by atoms with Crippen molar-refractivity contribution >= 4 is 5.91 Å². The van der Waals surface area contributed by atoms with E-state index >= 15 is 0 Å². The molecular weight excluding hydrogens is 250 g/mol.